The average molecular weight is 405 g/mol. The SMILES string of the molecule is CCC(CO)(CO)NCc1cn(COCc2ccccc2)c2c(Cl)ncnc12. The van der Waals surface area contributed by atoms with Gasteiger partial charge < -0.3 is 24.8 Å². The van der Waals surface area contributed by atoms with E-state index in [-0.39, 0.29) is 13.2 Å². The quantitative estimate of drug-likeness (QED) is 0.449. The molecule has 3 N–H and O–H groups in total. The van der Waals surface area contributed by atoms with Gasteiger partial charge in [-0.25, -0.2) is 9.97 Å². The zero-order valence-electron chi connectivity index (χ0n) is 15.8. The topological polar surface area (TPSA) is 92.4 Å². The molecule has 0 spiro atoms. The van der Waals surface area contributed by atoms with Gasteiger partial charge in [-0.3, -0.25) is 0 Å². The maximum absolute atomic E-state index is 9.65. The predicted octanol–water partition coefficient (Wildman–Crippen LogP) is 2.48. The fourth-order valence-electron chi connectivity index (χ4n) is 3.02. The van der Waals surface area contributed by atoms with E-state index in [1.807, 2.05) is 48.0 Å². The van der Waals surface area contributed by atoms with E-state index in [2.05, 4.69) is 15.3 Å². The van der Waals surface area contributed by atoms with Crippen LogP contribution >= 0.6 is 11.6 Å². The first-order valence-electron chi connectivity index (χ1n) is 9.19. The average Bonchev–Trinajstić information content (AvgIpc) is 3.09. The normalized spacial score (nSPS) is 12.0. The van der Waals surface area contributed by atoms with Crippen LogP contribution in [-0.2, 0) is 24.6 Å². The second-order valence-corrected chi connectivity index (χ2v) is 7.11. The van der Waals surface area contributed by atoms with Gasteiger partial charge in [0.1, 0.15) is 18.6 Å². The lowest BCUT2D eigenvalue weighted by atomic mass is 9.98. The Morgan fingerprint density at radius 1 is 1.18 bits per heavy atom. The van der Waals surface area contributed by atoms with Crippen LogP contribution in [0.15, 0.2) is 42.9 Å². The van der Waals surface area contributed by atoms with E-state index in [0.29, 0.717) is 37.0 Å². The van der Waals surface area contributed by atoms with Crippen molar-refractivity contribution >= 4 is 22.6 Å². The molecule has 0 amide bonds. The minimum Gasteiger partial charge on any atom is -0.394 e. The van der Waals surface area contributed by atoms with Gasteiger partial charge >= 0.3 is 0 Å². The molecule has 0 saturated heterocycles. The summed E-state index contributed by atoms with van der Waals surface area (Å²) in [6, 6.07) is 9.93. The molecule has 2 heterocycles. The van der Waals surface area contributed by atoms with Crippen LogP contribution < -0.4 is 5.32 Å². The Hall–Kier alpha value is -2.03. The molecule has 0 atom stereocenters. The highest BCUT2D eigenvalue weighted by Gasteiger charge is 2.26. The third kappa shape index (κ3) is 4.51. The summed E-state index contributed by atoms with van der Waals surface area (Å²) >= 11 is 6.32. The molecule has 0 aliphatic heterocycles. The lowest BCUT2D eigenvalue weighted by molar-refractivity contribution is 0.0665. The number of halogens is 1. The van der Waals surface area contributed by atoms with Gasteiger partial charge in [-0.2, -0.15) is 0 Å². The van der Waals surface area contributed by atoms with Crippen LogP contribution in [-0.4, -0.2) is 43.5 Å². The van der Waals surface area contributed by atoms with E-state index in [1.54, 1.807) is 0 Å². The molecule has 0 bridgehead atoms. The second-order valence-electron chi connectivity index (χ2n) is 6.75. The van der Waals surface area contributed by atoms with Crippen LogP contribution in [0.3, 0.4) is 0 Å². The third-order valence-corrected chi connectivity index (χ3v) is 5.24. The van der Waals surface area contributed by atoms with Crippen molar-refractivity contribution < 1.29 is 14.9 Å². The number of hydrogen-bond donors (Lipinski definition) is 3. The number of nitrogens with zero attached hydrogens (tertiary/aromatic N) is 3. The number of fused-ring (bicyclic) bond motifs is 1. The number of aliphatic hydroxyl groups excluding tert-OH is 2. The Morgan fingerprint density at radius 2 is 1.93 bits per heavy atom. The van der Waals surface area contributed by atoms with Crippen LogP contribution in [0, 0.1) is 0 Å². The first-order valence-corrected chi connectivity index (χ1v) is 9.57. The van der Waals surface area contributed by atoms with E-state index in [4.69, 9.17) is 16.3 Å². The van der Waals surface area contributed by atoms with Crippen LogP contribution in [0.4, 0.5) is 0 Å². The van der Waals surface area contributed by atoms with Gasteiger partial charge in [0.15, 0.2) is 5.15 Å². The van der Waals surface area contributed by atoms with E-state index >= 15 is 0 Å². The molecule has 0 aliphatic carbocycles. The third-order valence-electron chi connectivity index (χ3n) is 4.96. The van der Waals surface area contributed by atoms with Crippen molar-refractivity contribution in [3.63, 3.8) is 0 Å². The summed E-state index contributed by atoms with van der Waals surface area (Å²) < 4.78 is 7.72. The monoisotopic (exact) mass is 404 g/mol. The first kappa shape index (κ1) is 20.7. The number of rotatable bonds is 10. The number of nitrogens with one attached hydrogen (secondary N) is 1. The minimum absolute atomic E-state index is 0.158. The zero-order chi connectivity index (χ0) is 20.0. The molecule has 1 aromatic carbocycles. The molecule has 0 fully saturated rings. The summed E-state index contributed by atoms with van der Waals surface area (Å²) in [6.45, 7) is 2.80. The molecule has 8 heteroatoms. The number of hydrogen-bond acceptors (Lipinski definition) is 6. The molecular weight excluding hydrogens is 380 g/mol. The van der Waals surface area contributed by atoms with Crippen molar-refractivity contribution in [2.45, 2.75) is 38.8 Å². The minimum atomic E-state index is -0.741. The molecule has 150 valence electrons. The molecule has 7 nitrogen and oxygen atoms in total. The molecule has 0 aliphatic rings. The van der Waals surface area contributed by atoms with Gasteiger partial charge in [-0.05, 0) is 12.0 Å². The Labute approximate surface area is 169 Å². The van der Waals surface area contributed by atoms with Crippen molar-refractivity contribution in [1.29, 1.82) is 0 Å². The molecular formula is C20H25ClN4O3. The van der Waals surface area contributed by atoms with Gasteiger partial charge in [0.25, 0.3) is 0 Å². The van der Waals surface area contributed by atoms with Gasteiger partial charge in [0, 0.05) is 18.3 Å². The van der Waals surface area contributed by atoms with E-state index < -0.39 is 5.54 Å². The van der Waals surface area contributed by atoms with Crippen LogP contribution in [0.5, 0.6) is 0 Å². The highest BCUT2D eigenvalue weighted by molar-refractivity contribution is 6.33. The number of ether oxygens (including phenoxy) is 1. The summed E-state index contributed by atoms with van der Waals surface area (Å²) in [6.07, 6.45) is 3.93. The zero-order valence-corrected chi connectivity index (χ0v) is 16.6. The maximum Gasteiger partial charge on any atom is 0.156 e. The van der Waals surface area contributed by atoms with Crippen molar-refractivity contribution in [2.24, 2.45) is 0 Å². The second kappa shape index (κ2) is 9.45. The lowest BCUT2D eigenvalue weighted by Crippen LogP contribution is -2.50. The summed E-state index contributed by atoms with van der Waals surface area (Å²) in [5, 5.41) is 22.9. The summed E-state index contributed by atoms with van der Waals surface area (Å²) in [5.74, 6) is 0. The van der Waals surface area contributed by atoms with Gasteiger partial charge in [-0.15, -0.1) is 0 Å². The maximum atomic E-state index is 9.65. The largest absolute Gasteiger partial charge is 0.394 e. The van der Waals surface area contributed by atoms with Crippen LogP contribution in [0.2, 0.25) is 5.15 Å². The molecule has 3 rings (SSSR count). The fraction of sp³-hybridized carbons (Fsp3) is 0.400. The van der Waals surface area contributed by atoms with Crippen LogP contribution in [0.25, 0.3) is 11.0 Å². The Bertz CT molecular complexity index is 889. The molecule has 2 aromatic heterocycles. The standard InChI is InChI=1S/C20H25ClN4O3/c1-2-20(11-26,12-27)24-8-16-9-25(18-17(16)22-13-23-19(18)21)14-28-10-15-6-4-3-5-7-15/h3-7,9,13,24,26-27H,2,8,10-12,14H2,1H3. The number of aromatic nitrogens is 3. The number of aliphatic hydroxyl groups is 2. The van der Waals surface area contributed by atoms with E-state index in [9.17, 15) is 10.2 Å². The highest BCUT2D eigenvalue weighted by atomic mass is 35.5. The van der Waals surface area contributed by atoms with Gasteiger partial charge in [0.05, 0.1) is 30.9 Å². The van der Waals surface area contributed by atoms with Gasteiger partial charge in [-0.1, -0.05) is 48.9 Å². The molecule has 0 unspecified atom stereocenters. The van der Waals surface area contributed by atoms with E-state index in [0.717, 1.165) is 16.6 Å². The Morgan fingerprint density at radius 3 is 2.61 bits per heavy atom. The van der Waals surface area contributed by atoms with Crippen molar-refractivity contribution in [3.8, 4) is 0 Å². The fourth-order valence-corrected chi connectivity index (χ4v) is 3.26. The van der Waals surface area contributed by atoms with Gasteiger partial charge in [0.2, 0.25) is 0 Å². The van der Waals surface area contributed by atoms with Crippen molar-refractivity contribution in [2.75, 3.05) is 13.2 Å². The molecule has 0 saturated carbocycles. The first-order chi connectivity index (χ1) is 13.6. The highest BCUT2D eigenvalue weighted by Crippen LogP contribution is 2.25. The summed E-state index contributed by atoms with van der Waals surface area (Å²) in [5.41, 5.74) is 2.65. The summed E-state index contributed by atoms with van der Waals surface area (Å²) in [4.78, 5) is 8.45. The predicted molar refractivity (Wildman–Crippen MR) is 108 cm³/mol. The Kier molecular flexibility index (Phi) is 6.98. The molecule has 3 aromatic rings. The lowest BCUT2D eigenvalue weighted by Gasteiger charge is -2.29. The summed E-state index contributed by atoms with van der Waals surface area (Å²) in [7, 11) is 0. The molecule has 28 heavy (non-hydrogen) atoms. The van der Waals surface area contributed by atoms with Crippen molar-refractivity contribution in [3.05, 3.63) is 59.1 Å². The number of benzene rings is 1. The van der Waals surface area contributed by atoms with Crippen LogP contribution in [0.1, 0.15) is 24.5 Å². The Balaban J connectivity index is 1.79. The molecule has 0 radical (unpaired) electrons. The van der Waals surface area contributed by atoms with E-state index in [1.165, 1.54) is 6.33 Å². The van der Waals surface area contributed by atoms with Crippen molar-refractivity contribution in [1.82, 2.24) is 19.9 Å². The smallest absolute Gasteiger partial charge is 0.156 e.